The lowest BCUT2D eigenvalue weighted by Gasteiger charge is -2.11. The number of hydrazone groups is 1. The van der Waals surface area contributed by atoms with Crippen molar-refractivity contribution in [2.24, 2.45) is 5.10 Å². The topological polar surface area (TPSA) is 46.4 Å². The Bertz CT molecular complexity index is 993. The zero-order chi connectivity index (χ0) is 19.4. The SMILES string of the molecule is Cc1cc(/C=N/NC(=O)Cc2ccc(F)cc2)c(C)n1-c1ccccc1Br. The quantitative estimate of drug-likeness (QED) is 0.465. The molecule has 3 rings (SSSR count). The van der Waals surface area contributed by atoms with E-state index in [1.165, 1.54) is 12.1 Å². The lowest BCUT2D eigenvalue weighted by molar-refractivity contribution is -0.120. The van der Waals surface area contributed by atoms with Gasteiger partial charge in [-0.25, -0.2) is 9.82 Å². The number of carbonyl (C=O) groups excluding carboxylic acids is 1. The number of halogens is 2. The van der Waals surface area contributed by atoms with Crippen molar-refractivity contribution >= 4 is 28.1 Å². The van der Waals surface area contributed by atoms with Crippen LogP contribution in [0.5, 0.6) is 0 Å². The molecule has 0 saturated heterocycles. The van der Waals surface area contributed by atoms with Crippen LogP contribution in [0.25, 0.3) is 5.69 Å². The molecule has 1 heterocycles. The van der Waals surface area contributed by atoms with Crippen molar-refractivity contribution in [1.29, 1.82) is 0 Å². The maximum atomic E-state index is 12.9. The Kier molecular flexibility index (Phi) is 5.86. The number of nitrogens with zero attached hydrogens (tertiary/aromatic N) is 2. The van der Waals surface area contributed by atoms with E-state index in [9.17, 15) is 9.18 Å². The maximum Gasteiger partial charge on any atom is 0.244 e. The fourth-order valence-electron chi connectivity index (χ4n) is 2.92. The molecule has 4 nitrogen and oxygen atoms in total. The van der Waals surface area contributed by atoms with Crippen molar-refractivity contribution in [2.45, 2.75) is 20.3 Å². The van der Waals surface area contributed by atoms with Gasteiger partial charge in [0, 0.05) is 21.4 Å². The van der Waals surface area contributed by atoms with E-state index in [4.69, 9.17) is 0 Å². The van der Waals surface area contributed by atoms with E-state index in [0.717, 1.165) is 32.7 Å². The van der Waals surface area contributed by atoms with Crippen LogP contribution in [0.4, 0.5) is 4.39 Å². The summed E-state index contributed by atoms with van der Waals surface area (Å²) < 4.78 is 16.0. The fraction of sp³-hybridized carbons (Fsp3) is 0.143. The van der Waals surface area contributed by atoms with Crippen LogP contribution in [0.1, 0.15) is 22.5 Å². The van der Waals surface area contributed by atoms with Gasteiger partial charge in [0.1, 0.15) is 5.82 Å². The molecule has 0 fully saturated rings. The van der Waals surface area contributed by atoms with E-state index in [-0.39, 0.29) is 18.1 Å². The summed E-state index contributed by atoms with van der Waals surface area (Å²) in [5.74, 6) is -0.574. The van der Waals surface area contributed by atoms with Crippen molar-refractivity contribution in [3.63, 3.8) is 0 Å². The molecule has 138 valence electrons. The molecule has 27 heavy (non-hydrogen) atoms. The molecule has 6 heteroatoms. The number of nitrogens with one attached hydrogen (secondary N) is 1. The summed E-state index contributed by atoms with van der Waals surface area (Å²) in [5.41, 5.74) is 7.31. The summed E-state index contributed by atoms with van der Waals surface area (Å²) in [6, 6.07) is 15.9. The first-order chi connectivity index (χ1) is 13.0. The molecule has 0 spiro atoms. The van der Waals surface area contributed by atoms with Crippen molar-refractivity contribution in [3.05, 3.63) is 87.4 Å². The molecule has 1 N–H and O–H groups in total. The van der Waals surface area contributed by atoms with Gasteiger partial charge in [0.05, 0.1) is 18.3 Å². The summed E-state index contributed by atoms with van der Waals surface area (Å²) in [4.78, 5) is 12.0. The number of para-hydroxylation sites is 1. The van der Waals surface area contributed by atoms with Crippen LogP contribution < -0.4 is 5.43 Å². The van der Waals surface area contributed by atoms with E-state index >= 15 is 0 Å². The molecular weight excluding hydrogens is 409 g/mol. The molecule has 0 aliphatic carbocycles. The molecule has 2 aromatic carbocycles. The second-order valence-corrected chi connectivity index (χ2v) is 7.06. The highest BCUT2D eigenvalue weighted by Gasteiger charge is 2.11. The molecule has 0 radical (unpaired) electrons. The van der Waals surface area contributed by atoms with Gasteiger partial charge in [0.15, 0.2) is 0 Å². The second kappa shape index (κ2) is 8.31. The molecule has 0 saturated carbocycles. The summed E-state index contributed by atoms with van der Waals surface area (Å²) in [6.45, 7) is 4.03. The predicted octanol–water partition coefficient (Wildman–Crippen LogP) is 4.69. The number of aromatic nitrogens is 1. The molecule has 0 aliphatic rings. The first kappa shape index (κ1) is 19.0. The summed E-state index contributed by atoms with van der Waals surface area (Å²) in [7, 11) is 0. The molecule has 0 aliphatic heterocycles. The van der Waals surface area contributed by atoms with Crippen molar-refractivity contribution in [2.75, 3.05) is 0 Å². The minimum absolute atomic E-state index is 0.146. The largest absolute Gasteiger partial charge is 0.317 e. The highest BCUT2D eigenvalue weighted by atomic mass is 79.9. The molecule has 3 aromatic rings. The van der Waals surface area contributed by atoms with Crippen molar-refractivity contribution in [3.8, 4) is 5.69 Å². The monoisotopic (exact) mass is 427 g/mol. The van der Waals surface area contributed by atoms with Crippen LogP contribution >= 0.6 is 15.9 Å². The third-order valence-corrected chi connectivity index (χ3v) is 4.91. The third-order valence-electron chi connectivity index (χ3n) is 4.23. The Morgan fingerprint density at radius 3 is 2.59 bits per heavy atom. The van der Waals surface area contributed by atoms with Gasteiger partial charge in [-0.3, -0.25) is 4.79 Å². The van der Waals surface area contributed by atoms with E-state index < -0.39 is 0 Å². The van der Waals surface area contributed by atoms with Crippen LogP contribution in [-0.2, 0) is 11.2 Å². The van der Waals surface area contributed by atoms with Crippen LogP contribution in [0.3, 0.4) is 0 Å². The van der Waals surface area contributed by atoms with Gasteiger partial charge in [-0.1, -0.05) is 24.3 Å². The third kappa shape index (κ3) is 4.52. The second-order valence-electron chi connectivity index (χ2n) is 6.21. The van der Waals surface area contributed by atoms with E-state index in [0.29, 0.717) is 0 Å². The summed E-state index contributed by atoms with van der Waals surface area (Å²) in [6.07, 6.45) is 1.78. The Labute approximate surface area is 165 Å². The lowest BCUT2D eigenvalue weighted by Crippen LogP contribution is -2.19. The fourth-order valence-corrected chi connectivity index (χ4v) is 3.39. The Balaban J connectivity index is 1.71. The van der Waals surface area contributed by atoms with Crippen LogP contribution in [0.15, 0.2) is 64.2 Å². The number of hydrogen-bond donors (Lipinski definition) is 1. The molecule has 1 aromatic heterocycles. The number of amides is 1. The molecule has 0 atom stereocenters. The smallest absolute Gasteiger partial charge is 0.244 e. The van der Waals surface area contributed by atoms with E-state index in [2.05, 4.69) is 31.0 Å². The zero-order valence-electron chi connectivity index (χ0n) is 15.0. The average molecular weight is 428 g/mol. The van der Waals surface area contributed by atoms with Crippen molar-refractivity contribution in [1.82, 2.24) is 9.99 Å². The van der Waals surface area contributed by atoms with Gasteiger partial charge >= 0.3 is 0 Å². The first-order valence-electron chi connectivity index (χ1n) is 8.46. The zero-order valence-corrected chi connectivity index (χ0v) is 16.6. The highest BCUT2D eigenvalue weighted by molar-refractivity contribution is 9.10. The van der Waals surface area contributed by atoms with Crippen LogP contribution in [0.2, 0.25) is 0 Å². The minimum Gasteiger partial charge on any atom is -0.317 e. The highest BCUT2D eigenvalue weighted by Crippen LogP contribution is 2.26. The van der Waals surface area contributed by atoms with Gasteiger partial charge in [-0.05, 0) is 65.7 Å². The van der Waals surface area contributed by atoms with E-state index in [1.54, 1.807) is 18.3 Å². The Morgan fingerprint density at radius 2 is 1.89 bits per heavy atom. The number of hydrogen-bond acceptors (Lipinski definition) is 2. The lowest BCUT2D eigenvalue weighted by atomic mass is 10.1. The maximum absolute atomic E-state index is 12.9. The van der Waals surface area contributed by atoms with E-state index in [1.807, 2.05) is 44.2 Å². The Hall–Kier alpha value is -2.73. The summed E-state index contributed by atoms with van der Waals surface area (Å²) >= 11 is 3.58. The van der Waals surface area contributed by atoms with Gasteiger partial charge < -0.3 is 4.57 Å². The molecule has 1 amide bonds. The molecule has 0 bridgehead atoms. The van der Waals surface area contributed by atoms with Crippen LogP contribution in [-0.4, -0.2) is 16.7 Å². The standard InChI is InChI=1S/C21H19BrFN3O/c1-14-11-17(15(2)26(14)20-6-4-3-5-19(20)22)13-24-25-21(27)12-16-7-9-18(23)10-8-16/h3-11,13H,12H2,1-2H3,(H,25,27)/b24-13+. The van der Waals surface area contributed by atoms with Crippen molar-refractivity contribution < 1.29 is 9.18 Å². The number of benzene rings is 2. The van der Waals surface area contributed by atoms with Gasteiger partial charge in [0.25, 0.3) is 0 Å². The summed E-state index contributed by atoms with van der Waals surface area (Å²) in [5, 5.41) is 4.06. The number of rotatable bonds is 5. The number of carbonyl (C=O) groups is 1. The van der Waals surface area contributed by atoms with Gasteiger partial charge in [-0.15, -0.1) is 0 Å². The minimum atomic E-state index is -0.322. The van der Waals surface area contributed by atoms with Gasteiger partial charge in [0.2, 0.25) is 5.91 Å². The molecular formula is C21H19BrFN3O. The Morgan fingerprint density at radius 1 is 1.19 bits per heavy atom. The van der Waals surface area contributed by atoms with Gasteiger partial charge in [-0.2, -0.15) is 5.10 Å². The predicted molar refractivity (Wildman–Crippen MR) is 109 cm³/mol. The number of aryl methyl sites for hydroxylation is 1. The normalized spacial score (nSPS) is 11.1. The van der Waals surface area contributed by atoms with Crippen LogP contribution in [0, 0.1) is 19.7 Å². The molecule has 0 unspecified atom stereocenters. The average Bonchev–Trinajstić information content (AvgIpc) is 2.91. The first-order valence-corrected chi connectivity index (χ1v) is 9.25.